The molecule has 0 heterocycles. The van der Waals surface area contributed by atoms with E-state index in [0.29, 0.717) is 22.9 Å². The first-order valence-electron chi connectivity index (χ1n) is 8.47. The number of aryl methyl sites for hydroxylation is 1. The standard InChI is InChI=1S/C22H24N2O2/c1-14-4-6-15(7-5-14)22(16-8-10-18(23)20(12-16)25-2)17-9-11-19(24)21(13-17)26-3/h4-13,22H,23-24H2,1-3H3. The molecule has 0 saturated carbocycles. The first kappa shape index (κ1) is 17.7. The van der Waals surface area contributed by atoms with Gasteiger partial charge in [0.25, 0.3) is 0 Å². The number of rotatable bonds is 5. The highest BCUT2D eigenvalue weighted by molar-refractivity contribution is 5.60. The number of nitrogens with two attached hydrogens (primary N) is 2. The molecule has 3 rings (SSSR count). The smallest absolute Gasteiger partial charge is 0.142 e. The van der Waals surface area contributed by atoms with Gasteiger partial charge < -0.3 is 20.9 Å². The molecule has 134 valence electrons. The van der Waals surface area contributed by atoms with Crippen LogP contribution in [-0.2, 0) is 0 Å². The van der Waals surface area contributed by atoms with E-state index in [2.05, 4.69) is 31.2 Å². The summed E-state index contributed by atoms with van der Waals surface area (Å²) in [6, 6.07) is 20.3. The van der Waals surface area contributed by atoms with E-state index in [1.807, 2.05) is 36.4 Å². The van der Waals surface area contributed by atoms with Crippen molar-refractivity contribution < 1.29 is 9.47 Å². The van der Waals surface area contributed by atoms with E-state index in [4.69, 9.17) is 20.9 Å². The second kappa shape index (κ2) is 7.40. The summed E-state index contributed by atoms with van der Waals surface area (Å²) in [6.45, 7) is 2.08. The summed E-state index contributed by atoms with van der Waals surface area (Å²) in [5.74, 6) is 1.35. The van der Waals surface area contributed by atoms with Crippen LogP contribution in [0, 0.1) is 6.92 Å². The van der Waals surface area contributed by atoms with Crippen LogP contribution in [0.5, 0.6) is 11.5 Å². The van der Waals surface area contributed by atoms with Gasteiger partial charge in [-0.05, 0) is 47.9 Å². The molecule has 3 aromatic rings. The lowest BCUT2D eigenvalue weighted by atomic mass is 9.84. The molecule has 4 N–H and O–H groups in total. The third-order valence-corrected chi connectivity index (χ3v) is 4.59. The fraction of sp³-hybridized carbons (Fsp3) is 0.182. The van der Waals surface area contributed by atoms with Gasteiger partial charge in [0.1, 0.15) is 11.5 Å². The Morgan fingerprint density at radius 2 is 1.08 bits per heavy atom. The Hall–Kier alpha value is -3.14. The predicted molar refractivity (Wildman–Crippen MR) is 107 cm³/mol. The van der Waals surface area contributed by atoms with Crippen molar-refractivity contribution in [1.82, 2.24) is 0 Å². The minimum Gasteiger partial charge on any atom is -0.495 e. The summed E-state index contributed by atoms with van der Waals surface area (Å²) in [6.07, 6.45) is 0. The van der Waals surface area contributed by atoms with Crippen molar-refractivity contribution in [1.29, 1.82) is 0 Å². The molecule has 4 nitrogen and oxygen atoms in total. The van der Waals surface area contributed by atoms with Gasteiger partial charge in [0.2, 0.25) is 0 Å². The maximum absolute atomic E-state index is 6.00. The van der Waals surface area contributed by atoms with E-state index in [1.54, 1.807) is 14.2 Å². The van der Waals surface area contributed by atoms with Crippen LogP contribution in [0.2, 0.25) is 0 Å². The van der Waals surface area contributed by atoms with E-state index < -0.39 is 0 Å². The molecule has 0 aromatic heterocycles. The highest BCUT2D eigenvalue weighted by Gasteiger charge is 2.19. The molecule has 0 radical (unpaired) electrons. The molecule has 0 aliphatic heterocycles. The molecule has 0 atom stereocenters. The number of hydrogen-bond donors (Lipinski definition) is 2. The van der Waals surface area contributed by atoms with Crippen LogP contribution in [0.4, 0.5) is 11.4 Å². The third-order valence-electron chi connectivity index (χ3n) is 4.59. The molecular weight excluding hydrogens is 324 g/mol. The molecule has 0 fully saturated rings. The van der Waals surface area contributed by atoms with E-state index in [9.17, 15) is 0 Å². The average Bonchev–Trinajstić information content (AvgIpc) is 2.66. The van der Waals surface area contributed by atoms with E-state index in [-0.39, 0.29) is 5.92 Å². The Balaban J connectivity index is 2.18. The van der Waals surface area contributed by atoms with Gasteiger partial charge in [-0.15, -0.1) is 0 Å². The molecule has 0 bridgehead atoms. The summed E-state index contributed by atoms with van der Waals surface area (Å²) >= 11 is 0. The highest BCUT2D eigenvalue weighted by Crippen LogP contribution is 2.37. The Kier molecular flexibility index (Phi) is 5.03. The lowest BCUT2D eigenvalue weighted by Gasteiger charge is -2.21. The molecule has 0 amide bonds. The predicted octanol–water partition coefficient (Wildman–Crippen LogP) is 4.36. The number of anilines is 2. The van der Waals surface area contributed by atoms with Gasteiger partial charge >= 0.3 is 0 Å². The molecule has 4 heteroatoms. The van der Waals surface area contributed by atoms with Gasteiger partial charge in [-0.1, -0.05) is 42.0 Å². The summed E-state index contributed by atoms with van der Waals surface area (Å²) < 4.78 is 10.8. The normalized spacial score (nSPS) is 10.8. The minimum atomic E-state index is 0.0135. The molecule has 26 heavy (non-hydrogen) atoms. The maximum Gasteiger partial charge on any atom is 0.142 e. The van der Waals surface area contributed by atoms with Crippen LogP contribution in [0.1, 0.15) is 28.2 Å². The van der Waals surface area contributed by atoms with Crippen LogP contribution in [-0.4, -0.2) is 14.2 Å². The van der Waals surface area contributed by atoms with Gasteiger partial charge in [-0.2, -0.15) is 0 Å². The van der Waals surface area contributed by atoms with Crippen molar-refractivity contribution in [2.24, 2.45) is 0 Å². The summed E-state index contributed by atoms with van der Waals surface area (Å²) in [7, 11) is 3.26. The lowest BCUT2D eigenvalue weighted by molar-refractivity contribution is 0.415. The molecule has 3 aromatic carbocycles. The highest BCUT2D eigenvalue weighted by atomic mass is 16.5. The van der Waals surface area contributed by atoms with Gasteiger partial charge in [0.15, 0.2) is 0 Å². The zero-order valence-electron chi connectivity index (χ0n) is 15.3. The molecule has 0 aliphatic rings. The van der Waals surface area contributed by atoms with E-state index in [1.165, 1.54) is 11.1 Å². The van der Waals surface area contributed by atoms with E-state index in [0.717, 1.165) is 11.1 Å². The molecular formula is C22H24N2O2. The third kappa shape index (κ3) is 3.45. The van der Waals surface area contributed by atoms with Gasteiger partial charge in [-0.25, -0.2) is 0 Å². The van der Waals surface area contributed by atoms with Crippen molar-refractivity contribution in [2.45, 2.75) is 12.8 Å². The minimum absolute atomic E-state index is 0.0135. The summed E-state index contributed by atoms with van der Waals surface area (Å²) in [5, 5.41) is 0. The second-order valence-corrected chi connectivity index (χ2v) is 6.35. The maximum atomic E-state index is 6.00. The number of nitrogen functional groups attached to an aromatic ring is 2. The summed E-state index contributed by atoms with van der Waals surface area (Å²) in [4.78, 5) is 0. The fourth-order valence-corrected chi connectivity index (χ4v) is 3.15. The number of hydrogen-bond acceptors (Lipinski definition) is 4. The topological polar surface area (TPSA) is 70.5 Å². The van der Waals surface area contributed by atoms with Crippen LogP contribution >= 0.6 is 0 Å². The molecule has 0 aliphatic carbocycles. The Bertz CT molecular complexity index is 851. The average molecular weight is 348 g/mol. The van der Waals surface area contributed by atoms with Gasteiger partial charge in [0.05, 0.1) is 25.6 Å². The SMILES string of the molecule is COc1cc(C(c2ccc(C)cc2)c2ccc(N)c(OC)c2)ccc1N. The van der Waals surface area contributed by atoms with Crippen molar-refractivity contribution in [3.8, 4) is 11.5 Å². The number of ether oxygens (including phenoxy) is 2. The van der Waals surface area contributed by atoms with Crippen LogP contribution in [0.15, 0.2) is 60.7 Å². The second-order valence-electron chi connectivity index (χ2n) is 6.35. The first-order chi connectivity index (χ1) is 12.5. The monoisotopic (exact) mass is 348 g/mol. The van der Waals surface area contributed by atoms with Gasteiger partial charge in [0, 0.05) is 5.92 Å². The zero-order valence-corrected chi connectivity index (χ0v) is 15.3. The quantitative estimate of drug-likeness (QED) is 0.531. The fourth-order valence-electron chi connectivity index (χ4n) is 3.15. The number of methoxy groups -OCH3 is 2. The Labute approximate surface area is 154 Å². The van der Waals surface area contributed by atoms with Crippen molar-refractivity contribution >= 4 is 11.4 Å². The molecule has 0 unspecified atom stereocenters. The van der Waals surface area contributed by atoms with Crippen molar-refractivity contribution in [3.05, 3.63) is 82.9 Å². The Morgan fingerprint density at radius 3 is 1.50 bits per heavy atom. The largest absolute Gasteiger partial charge is 0.495 e. The van der Waals surface area contributed by atoms with Crippen LogP contribution < -0.4 is 20.9 Å². The summed E-state index contributed by atoms with van der Waals surface area (Å²) in [5.41, 5.74) is 17.8. The lowest BCUT2D eigenvalue weighted by Crippen LogP contribution is -2.06. The molecule has 0 spiro atoms. The van der Waals surface area contributed by atoms with E-state index >= 15 is 0 Å². The van der Waals surface area contributed by atoms with Crippen molar-refractivity contribution in [3.63, 3.8) is 0 Å². The number of benzene rings is 3. The van der Waals surface area contributed by atoms with Crippen molar-refractivity contribution in [2.75, 3.05) is 25.7 Å². The molecule has 0 saturated heterocycles. The van der Waals surface area contributed by atoms with Crippen LogP contribution in [0.25, 0.3) is 0 Å². The Morgan fingerprint density at radius 1 is 0.654 bits per heavy atom. The van der Waals surface area contributed by atoms with Crippen LogP contribution in [0.3, 0.4) is 0 Å². The zero-order chi connectivity index (χ0) is 18.7. The van der Waals surface area contributed by atoms with Gasteiger partial charge in [-0.3, -0.25) is 0 Å². The first-order valence-corrected chi connectivity index (χ1v) is 8.47.